The maximum Gasteiger partial charge on any atom is 0.692 e. The number of aliphatic hydroxyl groups excluding tert-OH is 1. The number of hydrogen-bond acceptors (Lipinski definition) is 4. The van der Waals surface area contributed by atoms with Gasteiger partial charge in [0.15, 0.2) is 0 Å². The summed E-state index contributed by atoms with van der Waals surface area (Å²) in [6.07, 6.45) is 4.19. The van der Waals surface area contributed by atoms with E-state index in [4.69, 9.17) is 33.8 Å². The summed E-state index contributed by atoms with van der Waals surface area (Å²) in [4.78, 5) is 32.4. The van der Waals surface area contributed by atoms with Crippen molar-refractivity contribution in [3.63, 3.8) is 0 Å². The smallest absolute Gasteiger partial charge is 0.396 e. The number of pyridine rings is 1. The Morgan fingerprint density at radius 3 is 1.88 bits per heavy atom. The van der Waals surface area contributed by atoms with Crippen molar-refractivity contribution < 1.29 is 33.8 Å². The number of nitrogens with zero attached hydrogens (tertiary/aromatic N) is 1. The van der Waals surface area contributed by atoms with Crippen LogP contribution in [0.25, 0.3) is 0 Å². The fraction of sp³-hybridized carbons (Fsp3) is 0.286. The van der Waals surface area contributed by atoms with E-state index in [0.717, 1.165) is 5.56 Å². The number of hydrogen-bond donors (Lipinski definition) is 5. The van der Waals surface area contributed by atoms with Gasteiger partial charge in [-0.3, -0.25) is 4.98 Å². The minimum absolute atomic E-state index is 0.200. The largest absolute Gasteiger partial charge is 0.692 e. The molecule has 0 unspecified atom stereocenters. The Morgan fingerprint density at radius 2 is 1.59 bits per heavy atom. The lowest BCUT2D eigenvalue weighted by Gasteiger charge is -1.92. The molecular formula is C7H13NO7P2+2. The molecule has 0 fully saturated rings. The first kappa shape index (κ1) is 18.5. The standard InChI is InChI=1S/C7H9NO.2HO3P/c9-5-3-7-2-1-4-8-6-7;2*1-4(2)3/h1-2,4,6,9H,3,5H2;2*(H-,1,2,3)/p+2. The van der Waals surface area contributed by atoms with Gasteiger partial charge in [0.1, 0.15) is 0 Å². The first-order chi connectivity index (χ1) is 7.90. The molecule has 0 amide bonds. The molecule has 17 heavy (non-hydrogen) atoms. The van der Waals surface area contributed by atoms with Gasteiger partial charge in [-0.1, -0.05) is 6.07 Å². The van der Waals surface area contributed by atoms with Crippen molar-refractivity contribution >= 4 is 16.5 Å². The maximum absolute atomic E-state index is 8.70. The Bertz CT molecular complexity index is 301. The van der Waals surface area contributed by atoms with Crippen LogP contribution in [0.15, 0.2) is 24.5 Å². The molecule has 5 N–H and O–H groups in total. The molecule has 0 bridgehead atoms. The summed E-state index contributed by atoms with van der Waals surface area (Å²) in [5.74, 6) is 0. The van der Waals surface area contributed by atoms with Gasteiger partial charge in [-0.25, -0.2) is 0 Å². The van der Waals surface area contributed by atoms with Gasteiger partial charge in [0.05, 0.1) is 0 Å². The van der Waals surface area contributed by atoms with Crippen LogP contribution in [0.4, 0.5) is 0 Å². The van der Waals surface area contributed by atoms with Crippen LogP contribution in [0.3, 0.4) is 0 Å². The highest BCUT2D eigenvalue weighted by atomic mass is 31.1. The third-order valence-corrected chi connectivity index (χ3v) is 1.12. The molecule has 0 radical (unpaired) electrons. The number of rotatable bonds is 2. The van der Waals surface area contributed by atoms with Gasteiger partial charge >= 0.3 is 16.5 Å². The van der Waals surface area contributed by atoms with E-state index in [2.05, 4.69) is 4.98 Å². The second-order valence-electron chi connectivity index (χ2n) is 2.34. The highest BCUT2D eigenvalue weighted by Gasteiger charge is 1.93. The molecule has 0 aliphatic rings. The van der Waals surface area contributed by atoms with E-state index in [0.29, 0.717) is 6.42 Å². The first-order valence-corrected chi connectivity index (χ1v) is 6.43. The van der Waals surface area contributed by atoms with Crippen molar-refractivity contribution in [3.8, 4) is 0 Å². The molecule has 0 aromatic carbocycles. The van der Waals surface area contributed by atoms with Crippen LogP contribution < -0.4 is 0 Å². The van der Waals surface area contributed by atoms with Crippen LogP contribution in [0, 0.1) is 0 Å². The molecule has 0 spiro atoms. The number of aliphatic hydroxyl groups is 1. The highest BCUT2D eigenvalue weighted by Crippen LogP contribution is 1.99. The molecule has 96 valence electrons. The van der Waals surface area contributed by atoms with Crippen molar-refractivity contribution in [1.29, 1.82) is 0 Å². The van der Waals surface area contributed by atoms with E-state index in [1.54, 1.807) is 12.4 Å². The van der Waals surface area contributed by atoms with Gasteiger partial charge in [0.25, 0.3) is 0 Å². The zero-order valence-corrected chi connectivity index (χ0v) is 10.4. The monoisotopic (exact) mass is 285 g/mol. The molecule has 1 aromatic rings. The van der Waals surface area contributed by atoms with Gasteiger partial charge in [-0.05, 0) is 18.1 Å². The lowest BCUT2D eigenvalue weighted by atomic mass is 10.2. The van der Waals surface area contributed by atoms with Crippen molar-refractivity contribution in [1.82, 2.24) is 4.98 Å². The van der Waals surface area contributed by atoms with Crippen molar-refractivity contribution in [3.05, 3.63) is 30.1 Å². The van der Waals surface area contributed by atoms with Crippen LogP contribution in [0.1, 0.15) is 5.56 Å². The Labute approximate surface area is 99.1 Å². The fourth-order valence-electron chi connectivity index (χ4n) is 0.675. The Hall–Kier alpha value is -0.850. The third-order valence-electron chi connectivity index (χ3n) is 1.12. The lowest BCUT2D eigenvalue weighted by Crippen LogP contribution is -1.89. The first-order valence-electron chi connectivity index (χ1n) is 4.10. The summed E-state index contributed by atoms with van der Waals surface area (Å²) < 4.78 is 17.4. The molecule has 0 aliphatic carbocycles. The Morgan fingerprint density at radius 1 is 1.12 bits per heavy atom. The van der Waals surface area contributed by atoms with Gasteiger partial charge in [-0.2, -0.15) is 0 Å². The van der Waals surface area contributed by atoms with Crippen molar-refractivity contribution in [2.75, 3.05) is 6.61 Å². The SMILES string of the molecule is O=[P+](O)O.O=[P+](O)O.OCCc1cccnc1. The van der Waals surface area contributed by atoms with Crippen LogP contribution in [0.5, 0.6) is 0 Å². The zero-order chi connectivity index (χ0) is 13.7. The number of aromatic nitrogens is 1. The highest BCUT2D eigenvalue weighted by molar-refractivity contribution is 7.31. The van der Waals surface area contributed by atoms with Gasteiger partial charge in [0.2, 0.25) is 0 Å². The molecule has 8 nitrogen and oxygen atoms in total. The molecule has 0 atom stereocenters. The third kappa shape index (κ3) is 25.4. The molecule has 10 heteroatoms. The van der Waals surface area contributed by atoms with E-state index in [-0.39, 0.29) is 6.61 Å². The fourth-order valence-corrected chi connectivity index (χ4v) is 0.675. The van der Waals surface area contributed by atoms with Gasteiger partial charge in [-0.15, -0.1) is 19.6 Å². The summed E-state index contributed by atoms with van der Waals surface area (Å²) in [6, 6.07) is 3.81. The lowest BCUT2D eigenvalue weighted by molar-refractivity contribution is 0.299. The molecule has 0 saturated heterocycles. The minimum atomic E-state index is -2.87. The molecule has 1 rings (SSSR count). The normalized spacial score (nSPS) is 8.06. The van der Waals surface area contributed by atoms with Crippen molar-refractivity contribution in [2.24, 2.45) is 0 Å². The average Bonchev–Trinajstić information content (AvgIpc) is 2.18. The van der Waals surface area contributed by atoms with Gasteiger partial charge < -0.3 is 5.11 Å². The molecule has 1 aromatic heterocycles. The van der Waals surface area contributed by atoms with E-state index >= 15 is 0 Å². The van der Waals surface area contributed by atoms with Gasteiger partial charge in [0, 0.05) is 28.1 Å². The summed E-state index contributed by atoms with van der Waals surface area (Å²) in [6.45, 7) is 0.200. The maximum atomic E-state index is 8.70. The molecule has 0 aliphatic heterocycles. The van der Waals surface area contributed by atoms with Crippen LogP contribution in [-0.4, -0.2) is 36.3 Å². The Kier molecular flexibility index (Phi) is 14.4. The Balaban J connectivity index is 0. The van der Waals surface area contributed by atoms with E-state index in [1.807, 2.05) is 12.1 Å². The molecular weight excluding hydrogens is 272 g/mol. The molecule has 0 saturated carbocycles. The average molecular weight is 285 g/mol. The second kappa shape index (κ2) is 13.2. The quantitative estimate of drug-likeness (QED) is 0.472. The van der Waals surface area contributed by atoms with E-state index in [1.165, 1.54) is 0 Å². The topological polar surface area (TPSA) is 148 Å². The summed E-state index contributed by atoms with van der Waals surface area (Å²) >= 11 is 0. The zero-order valence-electron chi connectivity index (χ0n) is 8.62. The summed E-state index contributed by atoms with van der Waals surface area (Å²) in [5.41, 5.74) is 1.08. The predicted molar refractivity (Wildman–Crippen MR) is 59.1 cm³/mol. The molecule has 1 heterocycles. The predicted octanol–water partition coefficient (Wildman–Crippen LogP) is -0.127. The van der Waals surface area contributed by atoms with E-state index in [9.17, 15) is 0 Å². The summed E-state index contributed by atoms with van der Waals surface area (Å²) in [7, 11) is -5.74. The minimum Gasteiger partial charge on any atom is -0.396 e. The summed E-state index contributed by atoms with van der Waals surface area (Å²) in [5, 5.41) is 8.49. The van der Waals surface area contributed by atoms with Crippen LogP contribution in [-0.2, 0) is 15.6 Å². The second-order valence-corrected chi connectivity index (χ2v) is 3.35. The van der Waals surface area contributed by atoms with Crippen LogP contribution >= 0.6 is 16.5 Å². The van der Waals surface area contributed by atoms with Crippen molar-refractivity contribution in [2.45, 2.75) is 6.42 Å². The van der Waals surface area contributed by atoms with Crippen LogP contribution in [0.2, 0.25) is 0 Å². The van der Waals surface area contributed by atoms with E-state index < -0.39 is 16.5 Å².